The van der Waals surface area contributed by atoms with Gasteiger partial charge >= 0.3 is 5.97 Å². The van der Waals surface area contributed by atoms with Crippen LogP contribution in [0.4, 0.5) is 4.79 Å². The first kappa shape index (κ1) is 25.4. The van der Waals surface area contributed by atoms with Crippen LogP contribution in [0.2, 0.25) is 0 Å². The number of carbonyl (C=O) groups is 3. The maximum atomic E-state index is 13.0. The van der Waals surface area contributed by atoms with E-state index < -0.39 is 28.0 Å². The van der Waals surface area contributed by atoms with Crippen LogP contribution in [0.5, 0.6) is 5.75 Å². The second-order valence-electron chi connectivity index (χ2n) is 8.41. The summed E-state index contributed by atoms with van der Waals surface area (Å²) in [5, 5.41) is 11.2. The molecule has 9 heteroatoms. The van der Waals surface area contributed by atoms with Crippen LogP contribution in [0, 0.1) is 0 Å². The number of hydrogen-bond donors (Lipinski definition) is 2. The fourth-order valence-corrected chi connectivity index (χ4v) is 4.67. The van der Waals surface area contributed by atoms with Gasteiger partial charge in [-0.15, -0.1) is 0 Å². The summed E-state index contributed by atoms with van der Waals surface area (Å²) in [5.74, 6) is -0.807. The van der Waals surface area contributed by atoms with E-state index in [9.17, 15) is 19.5 Å². The Morgan fingerprint density at radius 1 is 1.06 bits per heavy atom. The molecule has 2 atom stereocenters. The number of thioether (sulfide) groups is 1. The van der Waals surface area contributed by atoms with E-state index in [0.717, 1.165) is 16.8 Å². The molecule has 1 fully saturated rings. The van der Waals surface area contributed by atoms with Gasteiger partial charge in [-0.2, -0.15) is 0 Å². The Kier molecular flexibility index (Phi) is 8.02. The zero-order chi connectivity index (χ0) is 25.5. The first-order chi connectivity index (χ1) is 17.4. The van der Waals surface area contributed by atoms with Crippen LogP contribution in [0.1, 0.15) is 35.4 Å². The minimum absolute atomic E-state index is 0.00267. The van der Waals surface area contributed by atoms with Crippen molar-refractivity contribution in [2.24, 2.45) is 0 Å². The van der Waals surface area contributed by atoms with Crippen LogP contribution in [-0.2, 0) is 33.8 Å². The summed E-state index contributed by atoms with van der Waals surface area (Å²) in [6.45, 7) is 2.10. The summed E-state index contributed by atoms with van der Waals surface area (Å²) in [6.07, 6.45) is 1.69. The Labute approximate surface area is 213 Å². The zero-order valence-corrected chi connectivity index (χ0v) is 20.5. The smallest absolute Gasteiger partial charge is 0.333 e. The molecule has 2 amide bonds. The Balaban J connectivity index is 1.36. The van der Waals surface area contributed by atoms with Crippen molar-refractivity contribution in [3.05, 3.63) is 95.3 Å². The Morgan fingerprint density at radius 2 is 1.81 bits per heavy atom. The molecule has 4 rings (SSSR count). The second kappa shape index (κ2) is 11.4. The topological polar surface area (TPSA) is 115 Å². The molecule has 2 heterocycles. The van der Waals surface area contributed by atoms with Gasteiger partial charge in [-0.3, -0.25) is 19.9 Å². The third-order valence-corrected chi connectivity index (χ3v) is 6.86. The number of imide groups is 1. The number of hydrogen-bond acceptors (Lipinski definition) is 8. The third kappa shape index (κ3) is 6.10. The fourth-order valence-electron chi connectivity index (χ4n) is 3.68. The number of benzene rings is 2. The first-order valence-corrected chi connectivity index (χ1v) is 12.3. The molecule has 186 valence electrons. The number of esters is 1. The third-order valence-electron chi connectivity index (χ3n) is 5.73. The maximum absolute atomic E-state index is 13.0. The van der Waals surface area contributed by atoms with Crippen LogP contribution in [0.15, 0.2) is 72.9 Å². The maximum Gasteiger partial charge on any atom is 0.333 e. The normalized spacial score (nSPS) is 17.9. The molecule has 1 aliphatic heterocycles. The van der Waals surface area contributed by atoms with Crippen molar-refractivity contribution >= 4 is 28.9 Å². The van der Waals surface area contributed by atoms with Gasteiger partial charge < -0.3 is 14.6 Å². The van der Waals surface area contributed by atoms with E-state index in [2.05, 4.69) is 10.3 Å². The van der Waals surface area contributed by atoms with Crippen molar-refractivity contribution in [1.29, 1.82) is 0 Å². The van der Waals surface area contributed by atoms with E-state index >= 15 is 0 Å². The van der Waals surface area contributed by atoms with Gasteiger partial charge in [0.25, 0.3) is 11.1 Å². The highest BCUT2D eigenvalue weighted by molar-refractivity contribution is 8.16. The van der Waals surface area contributed by atoms with Crippen molar-refractivity contribution < 1.29 is 29.0 Å². The van der Waals surface area contributed by atoms with Gasteiger partial charge in [0.15, 0.2) is 0 Å². The molecule has 0 spiro atoms. The minimum atomic E-state index is -1.68. The lowest BCUT2D eigenvalue weighted by atomic mass is 9.97. The van der Waals surface area contributed by atoms with E-state index in [4.69, 9.17) is 9.47 Å². The minimum Gasteiger partial charge on any atom is -0.493 e. The largest absolute Gasteiger partial charge is 0.493 e. The number of aromatic nitrogens is 1. The van der Waals surface area contributed by atoms with Crippen LogP contribution in [-0.4, -0.2) is 38.6 Å². The zero-order valence-electron chi connectivity index (χ0n) is 19.7. The molecule has 1 aromatic heterocycles. The van der Waals surface area contributed by atoms with Crippen molar-refractivity contribution in [3.8, 4) is 5.75 Å². The predicted molar refractivity (Wildman–Crippen MR) is 134 cm³/mol. The lowest BCUT2D eigenvalue weighted by molar-refractivity contribution is -0.150. The standard InChI is InChI=1S/C27H26N2O6S/c1-18(30)21-9-10-22(28-16-21)13-14-34-23-11-7-19(8-12-23)15-27(24(31)29-26(33)36-27)25(32)35-17-20-5-3-2-4-6-20/h2-12,16,18,30H,13-15,17H2,1H3,(H,29,31,33)/t18-,27?/m0/s1. The SMILES string of the molecule is C[C@H](O)c1ccc(CCOc2ccc(CC3(C(=O)OCc4ccccc4)SC(=O)NC3=O)cc2)nc1. The summed E-state index contributed by atoms with van der Waals surface area (Å²) in [6, 6.07) is 19.8. The van der Waals surface area contributed by atoms with Gasteiger partial charge in [0, 0.05) is 24.7 Å². The van der Waals surface area contributed by atoms with Crippen molar-refractivity contribution in [1.82, 2.24) is 10.3 Å². The summed E-state index contributed by atoms with van der Waals surface area (Å²) < 4.78 is 9.54. The second-order valence-corrected chi connectivity index (χ2v) is 9.68. The van der Waals surface area contributed by atoms with Crippen molar-refractivity contribution in [2.75, 3.05) is 6.61 Å². The number of ether oxygens (including phenoxy) is 2. The monoisotopic (exact) mass is 506 g/mol. The number of nitrogens with one attached hydrogen (secondary N) is 1. The van der Waals surface area contributed by atoms with Crippen LogP contribution in [0.25, 0.3) is 0 Å². The number of amides is 2. The number of pyridine rings is 1. The highest BCUT2D eigenvalue weighted by Gasteiger charge is 2.55. The van der Waals surface area contributed by atoms with Crippen LogP contribution < -0.4 is 10.1 Å². The average Bonchev–Trinajstić information content (AvgIpc) is 3.17. The summed E-state index contributed by atoms with van der Waals surface area (Å²) in [4.78, 5) is 42.0. The molecular weight excluding hydrogens is 480 g/mol. The number of aliphatic hydroxyl groups is 1. The predicted octanol–water partition coefficient (Wildman–Crippen LogP) is 3.76. The molecule has 1 unspecified atom stereocenters. The van der Waals surface area contributed by atoms with E-state index in [1.54, 1.807) is 37.4 Å². The van der Waals surface area contributed by atoms with E-state index in [-0.39, 0.29) is 13.0 Å². The highest BCUT2D eigenvalue weighted by Crippen LogP contribution is 2.37. The van der Waals surface area contributed by atoms with Gasteiger partial charge in [0.2, 0.25) is 4.75 Å². The molecule has 2 aromatic carbocycles. The molecule has 1 saturated heterocycles. The van der Waals surface area contributed by atoms with Gasteiger partial charge in [0.05, 0.1) is 12.7 Å². The molecule has 0 saturated carbocycles. The summed E-state index contributed by atoms with van der Waals surface area (Å²) in [5.41, 5.74) is 3.08. The molecule has 36 heavy (non-hydrogen) atoms. The van der Waals surface area contributed by atoms with Crippen LogP contribution >= 0.6 is 11.8 Å². The molecule has 3 aromatic rings. The van der Waals surface area contributed by atoms with Gasteiger partial charge in [-0.25, -0.2) is 4.79 Å². The lowest BCUT2D eigenvalue weighted by Gasteiger charge is -2.22. The number of aliphatic hydroxyl groups excluding tert-OH is 1. The average molecular weight is 507 g/mol. The molecule has 0 bridgehead atoms. The van der Waals surface area contributed by atoms with Gasteiger partial charge in [-0.05, 0) is 53.6 Å². The quantitative estimate of drug-likeness (QED) is 0.316. The Hall–Kier alpha value is -3.69. The number of nitrogens with zero attached hydrogens (tertiary/aromatic N) is 1. The molecule has 1 aliphatic rings. The Morgan fingerprint density at radius 3 is 2.42 bits per heavy atom. The van der Waals surface area contributed by atoms with E-state index in [1.807, 2.05) is 42.5 Å². The van der Waals surface area contributed by atoms with Crippen molar-refractivity contribution in [2.45, 2.75) is 37.2 Å². The van der Waals surface area contributed by atoms with E-state index in [1.165, 1.54) is 0 Å². The molecule has 0 radical (unpaired) electrons. The summed E-state index contributed by atoms with van der Waals surface area (Å²) >= 11 is 0.650. The molecule has 8 nitrogen and oxygen atoms in total. The summed E-state index contributed by atoms with van der Waals surface area (Å²) in [7, 11) is 0. The van der Waals surface area contributed by atoms with Crippen LogP contribution in [0.3, 0.4) is 0 Å². The van der Waals surface area contributed by atoms with Gasteiger partial charge in [-0.1, -0.05) is 48.5 Å². The molecule has 2 N–H and O–H groups in total. The number of carbonyl (C=O) groups excluding carboxylic acids is 3. The first-order valence-electron chi connectivity index (χ1n) is 11.5. The van der Waals surface area contributed by atoms with Crippen molar-refractivity contribution in [3.63, 3.8) is 0 Å². The lowest BCUT2D eigenvalue weighted by Crippen LogP contribution is -2.46. The fraction of sp³-hybridized carbons (Fsp3) is 0.259. The molecule has 0 aliphatic carbocycles. The number of rotatable bonds is 10. The molecular formula is C27H26N2O6S. The highest BCUT2D eigenvalue weighted by atomic mass is 32.2. The van der Waals surface area contributed by atoms with Gasteiger partial charge in [0.1, 0.15) is 12.4 Å². The van der Waals surface area contributed by atoms with E-state index in [0.29, 0.717) is 36.1 Å². The Bertz CT molecular complexity index is 1220.